The Labute approximate surface area is 94.9 Å². The molecule has 3 nitrogen and oxygen atoms in total. The van der Waals surface area contributed by atoms with Crippen molar-refractivity contribution in [2.45, 2.75) is 49.0 Å². The van der Waals surface area contributed by atoms with Gasteiger partial charge in [0.05, 0.1) is 16.8 Å². The minimum absolute atomic E-state index is 0.140. The number of nitrogens with zero attached hydrogens (tertiary/aromatic N) is 2. The molecule has 0 aromatic carbocycles. The Morgan fingerprint density at radius 3 is 2.80 bits per heavy atom. The lowest BCUT2D eigenvalue weighted by molar-refractivity contribution is 0.137. The number of rotatable bonds is 2. The molecule has 2 unspecified atom stereocenters. The highest BCUT2D eigenvalue weighted by molar-refractivity contribution is 7.99. The van der Waals surface area contributed by atoms with Crippen LogP contribution in [-0.4, -0.2) is 26.2 Å². The van der Waals surface area contributed by atoms with Crippen molar-refractivity contribution in [2.75, 3.05) is 0 Å². The van der Waals surface area contributed by atoms with E-state index in [9.17, 15) is 5.11 Å². The number of aliphatic hydroxyl groups excluding tert-OH is 1. The summed E-state index contributed by atoms with van der Waals surface area (Å²) in [5, 5.41) is 15.7. The normalized spacial score (nSPS) is 26.9. The summed E-state index contributed by atoms with van der Waals surface area (Å²) in [6, 6.07) is 2.09. The number of hydrogen-bond donors (Lipinski definition) is 1. The van der Waals surface area contributed by atoms with Crippen LogP contribution in [0.4, 0.5) is 0 Å². The van der Waals surface area contributed by atoms with Crippen LogP contribution in [0.15, 0.2) is 11.1 Å². The molecule has 1 aromatic heterocycles. The zero-order valence-electron chi connectivity index (χ0n) is 9.31. The lowest BCUT2D eigenvalue weighted by Crippen LogP contribution is -2.26. The Bertz CT molecular complexity index is 337. The van der Waals surface area contributed by atoms with Gasteiger partial charge in [0, 0.05) is 12.3 Å². The van der Waals surface area contributed by atoms with Crippen LogP contribution in [0.1, 0.15) is 31.4 Å². The van der Waals surface area contributed by atoms with Crippen LogP contribution in [0.3, 0.4) is 0 Å². The lowest BCUT2D eigenvalue weighted by Gasteiger charge is -2.26. The van der Waals surface area contributed by atoms with E-state index in [0.717, 1.165) is 18.5 Å². The molecule has 1 aromatic rings. The predicted octanol–water partition coefficient (Wildman–Crippen LogP) is 2.12. The first-order valence-electron chi connectivity index (χ1n) is 5.52. The lowest BCUT2D eigenvalue weighted by atomic mass is 9.97. The fourth-order valence-corrected chi connectivity index (χ4v) is 3.39. The fraction of sp³-hybridized carbons (Fsp3) is 0.727. The van der Waals surface area contributed by atoms with E-state index in [2.05, 4.69) is 11.2 Å². The number of aromatic nitrogens is 2. The SMILES string of the molecule is Cc1cc(SC2CCCCC2O)n(C)n1. The van der Waals surface area contributed by atoms with Crippen LogP contribution < -0.4 is 0 Å². The summed E-state index contributed by atoms with van der Waals surface area (Å²) in [5.74, 6) is 0. The van der Waals surface area contributed by atoms with E-state index in [1.807, 2.05) is 18.7 Å². The molecular formula is C11H18N2OS. The van der Waals surface area contributed by atoms with Crippen LogP contribution in [0.25, 0.3) is 0 Å². The van der Waals surface area contributed by atoms with E-state index in [-0.39, 0.29) is 6.10 Å². The molecule has 0 bridgehead atoms. The Morgan fingerprint density at radius 2 is 2.20 bits per heavy atom. The molecule has 84 valence electrons. The van der Waals surface area contributed by atoms with Crippen LogP contribution >= 0.6 is 11.8 Å². The average molecular weight is 226 g/mol. The summed E-state index contributed by atoms with van der Waals surface area (Å²) in [7, 11) is 1.96. The molecule has 1 N–H and O–H groups in total. The van der Waals surface area contributed by atoms with Crippen molar-refractivity contribution in [1.29, 1.82) is 0 Å². The molecule has 0 radical (unpaired) electrons. The van der Waals surface area contributed by atoms with Gasteiger partial charge in [-0.15, -0.1) is 11.8 Å². The van der Waals surface area contributed by atoms with Crippen molar-refractivity contribution < 1.29 is 5.11 Å². The number of thioether (sulfide) groups is 1. The van der Waals surface area contributed by atoms with Gasteiger partial charge in [-0.25, -0.2) is 0 Å². The van der Waals surface area contributed by atoms with E-state index in [0.29, 0.717) is 5.25 Å². The summed E-state index contributed by atoms with van der Waals surface area (Å²) < 4.78 is 1.90. The van der Waals surface area contributed by atoms with Gasteiger partial charge in [-0.2, -0.15) is 5.10 Å². The molecule has 1 aliphatic carbocycles. The van der Waals surface area contributed by atoms with Gasteiger partial charge in [-0.1, -0.05) is 12.8 Å². The molecule has 0 amide bonds. The van der Waals surface area contributed by atoms with Crippen molar-refractivity contribution in [2.24, 2.45) is 7.05 Å². The van der Waals surface area contributed by atoms with E-state index in [1.165, 1.54) is 17.9 Å². The van der Waals surface area contributed by atoms with Crippen molar-refractivity contribution in [3.05, 3.63) is 11.8 Å². The summed E-state index contributed by atoms with van der Waals surface area (Å²) in [4.78, 5) is 0. The number of hydrogen-bond acceptors (Lipinski definition) is 3. The molecule has 0 spiro atoms. The topological polar surface area (TPSA) is 38.0 Å². The Hall–Kier alpha value is -0.480. The molecule has 1 saturated carbocycles. The maximum atomic E-state index is 9.88. The summed E-state index contributed by atoms with van der Waals surface area (Å²) in [6.07, 6.45) is 4.35. The van der Waals surface area contributed by atoms with Crippen LogP contribution in [-0.2, 0) is 7.05 Å². The van der Waals surface area contributed by atoms with Crippen molar-refractivity contribution in [3.63, 3.8) is 0 Å². The fourth-order valence-electron chi connectivity index (χ4n) is 2.07. The van der Waals surface area contributed by atoms with Gasteiger partial charge in [0.25, 0.3) is 0 Å². The summed E-state index contributed by atoms with van der Waals surface area (Å²) in [6.45, 7) is 2.00. The Kier molecular flexibility index (Phi) is 3.36. The molecule has 2 atom stereocenters. The van der Waals surface area contributed by atoms with Gasteiger partial charge in [0.2, 0.25) is 0 Å². The van der Waals surface area contributed by atoms with Crippen LogP contribution in [0.5, 0.6) is 0 Å². The second kappa shape index (κ2) is 4.58. The standard InChI is InChI=1S/C11H18N2OS/c1-8-7-11(13(2)12-8)15-10-6-4-3-5-9(10)14/h7,9-10,14H,3-6H2,1-2H3. The van der Waals surface area contributed by atoms with E-state index in [4.69, 9.17) is 0 Å². The van der Waals surface area contributed by atoms with Gasteiger partial charge in [0.1, 0.15) is 0 Å². The molecule has 4 heteroatoms. The first-order chi connectivity index (χ1) is 7.16. The van der Waals surface area contributed by atoms with Gasteiger partial charge >= 0.3 is 0 Å². The minimum atomic E-state index is -0.140. The second-order valence-corrected chi connectivity index (χ2v) is 5.52. The zero-order valence-corrected chi connectivity index (χ0v) is 10.1. The van der Waals surface area contributed by atoms with E-state index >= 15 is 0 Å². The monoisotopic (exact) mass is 226 g/mol. The van der Waals surface area contributed by atoms with Crippen molar-refractivity contribution >= 4 is 11.8 Å². The first kappa shape index (κ1) is 11.0. The summed E-state index contributed by atoms with van der Waals surface area (Å²) in [5.41, 5.74) is 1.05. The maximum Gasteiger partial charge on any atom is 0.0942 e. The third-order valence-electron chi connectivity index (χ3n) is 2.90. The molecule has 0 saturated heterocycles. The molecule has 15 heavy (non-hydrogen) atoms. The molecule has 0 aliphatic heterocycles. The van der Waals surface area contributed by atoms with E-state index in [1.54, 1.807) is 11.8 Å². The molecule has 1 aliphatic rings. The minimum Gasteiger partial charge on any atom is -0.392 e. The van der Waals surface area contributed by atoms with Crippen LogP contribution in [0, 0.1) is 6.92 Å². The molecule has 2 rings (SSSR count). The molecular weight excluding hydrogens is 208 g/mol. The third kappa shape index (κ3) is 2.55. The molecule has 1 fully saturated rings. The molecule has 1 heterocycles. The summed E-state index contributed by atoms with van der Waals surface area (Å²) >= 11 is 1.77. The highest BCUT2D eigenvalue weighted by Crippen LogP contribution is 2.33. The predicted molar refractivity (Wildman–Crippen MR) is 62.1 cm³/mol. The van der Waals surface area contributed by atoms with Gasteiger partial charge < -0.3 is 5.11 Å². The zero-order chi connectivity index (χ0) is 10.8. The average Bonchev–Trinajstić information content (AvgIpc) is 2.49. The third-order valence-corrected chi connectivity index (χ3v) is 4.38. The quantitative estimate of drug-likeness (QED) is 0.839. The second-order valence-electron chi connectivity index (χ2n) is 4.26. The Morgan fingerprint density at radius 1 is 1.47 bits per heavy atom. The van der Waals surface area contributed by atoms with Crippen molar-refractivity contribution in [1.82, 2.24) is 9.78 Å². The van der Waals surface area contributed by atoms with Crippen molar-refractivity contribution in [3.8, 4) is 0 Å². The number of aliphatic hydroxyl groups is 1. The highest BCUT2D eigenvalue weighted by Gasteiger charge is 2.24. The largest absolute Gasteiger partial charge is 0.392 e. The maximum absolute atomic E-state index is 9.88. The van der Waals surface area contributed by atoms with Gasteiger partial charge in [-0.3, -0.25) is 4.68 Å². The van der Waals surface area contributed by atoms with Crippen LogP contribution in [0.2, 0.25) is 0 Å². The highest BCUT2D eigenvalue weighted by atomic mass is 32.2. The first-order valence-corrected chi connectivity index (χ1v) is 6.40. The van der Waals surface area contributed by atoms with E-state index < -0.39 is 0 Å². The smallest absolute Gasteiger partial charge is 0.0942 e. The van der Waals surface area contributed by atoms with Gasteiger partial charge in [0.15, 0.2) is 0 Å². The van der Waals surface area contributed by atoms with Gasteiger partial charge in [-0.05, 0) is 25.8 Å². The Balaban J connectivity index is 2.04. The number of aryl methyl sites for hydroxylation is 2.